The van der Waals surface area contributed by atoms with Crippen molar-refractivity contribution in [3.05, 3.63) is 17.8 Å². The first-order valence-electron chi connectivity index (χ1n) is 14.7. The van der Waals surface area contributed by atoms with Gasteiger partial charge in [0, 0.05) is 25.3 Å². The number of aromatic nitrogens is 2. The molecule has 0 spiro atoms. The van der Waals surface area contributed by atoms with Crippen LogP contribution < -0.4 is 10.1 Å². The van der Waals surface area contributed by atoms with Gasteiger partial charge in [-0.15, -0.1) is 0 Å². The Morgan fingerprint density at radius 2 is 1.72 bits per heavy atom. The summed E-state index contributed by atoms with van der Waals surface area (Å²) in [5.74, 6) is 2.12. The number of ether oxygens (including phenoxy) is 1. The predicted octanol–water partition coefficient (Wildman–Crippen LogP) is 4.29. The normalized spacial score (nSPS) is 28.8. The van der Waals surface area contributed by atoms with Gasteiger partial charge in [0.15, 0.2) is 0 Å². The zero-order valence-electron chi connectivity index (χ0n) is 23.8. The van der Waals surface area contributed by atoms with E-state index in [0.717, 1.165) is 11.8 Å². The minimum Gasteiger partial charge on any atom is -0.481 e. The van der Waals surface area contributed by atoms with Crippen molar-refractivity contribution >= 4 is 24.0 Å². The van der Waals surface area contributed by atoms with Gasteiger partial charge in [-0.1, -0.05) is 19.9 Å². The van der Waals surface area contributed by atoms with Gasteiger partial charge in [-0.25, -0.2) is 4.68 Å². The first-order chi connectivity index (χ1) is 18.5. The van der Waals surface area contributed by atoms with Gasteiger partial charge < -0.3 is 20.1 Å². The number of nitrogens with one attached hydrogen (secondary N) is 1. The van der Waals surface area contributed by atoms with Crippen molar-refractivity contribution in [3.8, 4) is 5.88 Å². The van der Waals surface area contributed by atoms with Gasteiger partial charge in [0.05, 0.1) is 24.1 Å². The highest BCUT2D eigenvalue weighted by Gasteiger charge is 2.48. The van der Waals surface area contributed by atoms with E-state index in [1.807, 2.05) is 13.8 Å². The third-order valence-electron chi connectivity index (χ3n) is 9.39. The Morgan fingerprint density at radius 1 is 1.10 bits per heavy atom. The molecule has 0 aromatic carbocycles. The van der Waals surface area contributed by atoms with Crippen molar-refractivity contribution in [2.24, 2.45) is 40.9 Å². The monoisotopic (exact) mass is 540 g/mol. The number of hydrogen-bond acceptors (Lipinski definition) is 5. The Morgan fingerprint density at radius 3 is 2.28 bits per heavy atom. The predicted molar refractivity (Wildman–Crippen MR) is 147 cm³/mol. The molecule has 2 amide bonds. The zero-order chi connectivity index (χ0) is 27.9. The highest BCUT2D eigenvalue weighted by atomic mass is 16.5. The van der Waals surface area contributed by atoms with Gasteiger partial charge in [-0.2, -0.15) is 5.10 Å². The van der Waals surface area contributed by atoms with Crippen molar-refractivity contribution < 1.29 is 24.2 Å². The van der Waals surface area contributed by atoms with Gasteiger partial charge in [0.1, 0.15) is 5.56 Å². The van der Waals surface area contributed by atoms with Crippen molar-refractivity contribution in [2.75, 3.05) is 19.7 Å². The van der Waals surface area contributed by atoms with Crippen molar-refractivity contribution in [1.82, 2.24) is 20.0 Å². The molecule has 39 heavy (non-hydrogen) atoms. The average Bonchev–Trinajstić information content (AvgIpc) is 3.30. The van der Waals surface area contributed by atoms with Crippen LogP contribution >= 0.6 is 0 Å². The first kappa shape index (κ1) is 27.7. The van der Waals surface area contributed by atoms with Crippen molar-refractivity contribution in [2.45, 2.75) is 78.7 Å². The number of amides is 2. The summed E-state index contributed by atoms with van der Waals surface area (Å²) in [6.07, 6.45) is 12.3. The van der Waals surface area contributed by atoms with E-state index in [2.05, 4.69) is 24.3 Å². The fraction of sp³-hybridized carbons (Fsp3) is 0.733. The van der Waals surface area contributed by atoms with E-state index in [0.29, 0.717) is 55.8 Å². The molecule has 1 aromatic rings. The molecule has 0 radical (unpaired) electrons. The smallest absolute Gasteiger partial charge is 0.306 e. The Balaban J connectivity index is 1.29. The Bertz CT molecular complexity index is 1090. The SMILES string of the molecule is CC(C)COc1c(C(=O)NC2C3CC4CC(C3)CC2C4)cnn1C=CC(C)(C)C(=O)N1CCC(C(=O)O)CC1. The number of carbonyl (C=O) groups is 3. The lowest BCUT2D eigenvalue weighted by Gasteiger charge is -2.54. The van der Waals surface area contributed by atoms with E-state index in [9.17, 15) is 19.5 Å². The summed E-state index contributed by atoms with van der Waals surface area (Å²) in [5, 5.41) is 17.1. The lowest BCUT2D eigenvalue weighted by molar-refractivity contribution is -0.147. The van der Waals surface area contributed by atoms with Gasteiger partial charge in [0.2, 0.25) is 11.8 Å². The quantitative estimate of drug-likeness (QED) is 0.483. The van der Waals surface area contributed by atoms with Gasteiger partial charge in [-0.05, 0) is 88.4 Å². The number of rotatable bonds is 9. The van der Waals surface area contributed by atoms with Crippen LogP contribution in [0.1, 0.15) is 83.0 Å². The summed E-state index contributed by atoms with van der Waals surface area (Å²) >= 11 is 0. The summed E-state index contributed by atoms with van der Waals surface area (Å²) in [6.45, 7) is 9.11. The summed E-state index contributed by atoms with van der Waals surface area (Å²) < 4.78 is 7.67. The standard InChI is InChI=1S/C30H44N4O5/c1-18(2)17-39-27-24(26(35)32-25-22-12-19-11-20(14-22)15-23(25)13-19)16-31-34(27)10-7-30(3,4)29(38)33-8-5-21(6-9-33)28(36)37/h7,10,16,18-23,25H,5-6,8-9,11-15,17H2,1-4H3,(H,32,35)(H,36,37). The summed E-state index contributed by atoms with van der Waals surface area (Å²) in [5.41, 5.74) is -0.408. The molecule has 0 unspecified atom stereocenters. The van der Waals surface area contributed by atoms with Crippen molar-refractivity contribution in [1.29, 1.82) is 0 Å². The fourth-order valence-corrected chi connectivity index (χ4v) is 7.46. The minimum atomic E-state index is -0.833. The van der Waals surface area contributed by atoms with Crippen LogP contribution in [0, 0.1) is 40.9 Å². The molecule has 9 nitrogen and oxygen atoms in total. The molecule has 1 saturated heterocycles. The van der Waals surface area contributed by atoms with Crippen LogP contribution in [0.2, 0.25) is 0 Å². The number of likely N-dealkylation sites (tertiary alicyclic amines) is 1. The molecule has 9 heteroatoms. The number of carboxylic acid groups (broad SMARTS) is 1. The summed E-state index contributed by atoms with van der Waals surface area (Å²) in [4.78, 5) is 39.8. The average molecular weight is 541 g/mol. The molecule has 0 atom stereocenters. The zero-order valence-corrected chi connectivity index (χ0v) is 23.8. The molecule has 1 aliphatic heterocycles. The third kappa shape index (κ3) is 5.87. The molecular weight excluding hydrogens is 496 g/mol. The van der Waals surface area contributed by atoms with Crippen LogP contribution in [-0.4, -0.2) is 63.3 Å². The first-order valence-corrected chi connectivity index (χ1v) is 14.7. The molecule has 6 rings (SSSR count). The molecule has 4 bridgehead atoms. The summed E-state index contributed by atoms with van der Waals surface area (Å²) in [7, 11) is 0. The Kier molecular flexibility index (Phi) is 7.80. The second-order valence-electron chi connectivity index (χ2n) is 13.4. The van der Waals surface area contributed by atoms with E-state index in [1.165, 1.54) is 32.1 Å². The lowest BCUT2D eigenvalue weighted by atomic mass is 9.54. The maximum absolute atomic E-state index is 13.5. The largest absolute Gasteiger partial charge is 0.481 e. The lowest BCUT2D eigenvalue weighted by Crippen LogP contribution is -2.55. The van der Waals surface area contributed by atoms with E-state index >= 15 is 0 Å². The number of carboxylic acids is 1. The van der Waals surface area contributed by atoms with Crippen molar-refractivity contribution in [3.63, 3.8) is 0 Å². The molecule has 1 aromatic heterocycles. The van der Waals surface area contributed by atoms with Crippen LogP contribution in [0.25, 0.3) is 6.20 Å². The number of piperidine rings is 1. The van der Waals surface area contributed by atoms with E-state index in [1.54, 1.807) is 28.1 Å². The molecule has 2 heterocycles. The number of hydrogen-bond donors (Lipinski definition) is 2. The van der Waals surface area contributed by atoms with Crippen LogP contribution in [0.3, 0.4) is 0 Å². The van der Waals surface area contributed by atoms with Crippen LogP contribution in [-0.2, 0) is 9.59 Å². The molecule has 5 aliphatic rings. The maximum atomic E-state index is 13.5. The molecule has 4 aliphatic carbocycles. The van der Waals surface area contributed by atoms with E-state index < -0.39 is 11.4 Å². The molecule has 4 saturated carbocycles. The Hall–Kier alpha value is -2.84. The van der Waals surface area contributed by atoms with E-state index in [-0.39, 0.29) is 29.7 Å². The van der Waals surface area contributed by atoms with Crippen LogP contribution in [0.4, 0.5) is 0 Å². The maximum Gasteiger partial charge on any atom is 0.306 e. The fourth-order valence-electron chi connectivity index (χ4n) is 7.46. The van der Waals surface area contributed by atoms with Gasteiger partial charge in [0.25, 0.3) is 5.91 Å². The third-order valence-corrected chi connectivity index (χ3v) is 9.39. The van der Waals surface area contributed by atoms with Gasteiger partial charge in [-0.3, -0.25) is 14.4 Å². The Labute approximate surface area is 231 Å². The van der Waals surface area contributed by atoms with Crippen LogP contribution in [0.15, 0.2) is 12.3 Å². The second-order valence-corrected chi connectivity index (χ2v) is 13.4. The second kappa shape index (κ2) is 11.0. The topological polar surface area (TPSA) is 114 Å². The minimum absolute atomic E-state index is 0.0563. The number of aliphatic carboxylic acids is 1. The highest BCUT2D eigenvalue weighted by Crippen LogP contribution is 2.53. The molecule has 2 N–H and O–H groups in total. The molecular formula is C30H44N4O5. The molecule has 5 fully saturated rings. The number of carbonyl (C=O) groups excluding carboxylic acids is 2. The summed E-state index contributed by atoms with van der Waals surface area (Å²) in [6, 6.07) is 0.226. The molecule has 214 valence electrons. The number of nitrogens with zero attached hydrogens (tertiary/aromatic N) is 3. The highest BCUT2D eigenvalue weighted by molar-refractivity contribution is 5.96. The van der Waals surface area contributed by atoms with E-state index in [4.69, 9.17) is 4.74 Å². The van der Waals surface area contributed by atoms with Crippen LogP contribution in [0.5, 0.6) is 5.88 Å². The van der Waals surface area contributed by atoms with Gasteiger partial charge >= 0.3 is 5.97 Å².